The first kappa shape index (κ1) is 20.2. The molecule has 7 nitrogen and oxygen atoms in total. The van der Waals surface area contributed by atoms with Crippen molar-refractivity contribution >= 4 is 28.2 Å². The average molecular weight is 405 g/mol. The molecule has 1 aliphatic rings. The number of Topliss-reactive ketones (excluding diaryl/α,β-unsaturated/α-hetero) is 1. The molecule has 1 aliphatic heterocycles. The molecule has 156 valence electrons. The van der Waals surface area contributed by atoms with Crippen molar-refractivity contribution in [1.29, 1.82) is 0 Å². The van der Waals surface area contributed by atoms with E-state index in [0.717, 1.165) is 48.8 Å². The molecule has 1 fully saturated rings. The van der Waals surface area contributed by atoms with Crippen molar-refractivity contribution in [2.75, 3.05) is 37.7 Å². The minimum absolute atomic E-state index is 0.00307. The molecule has 1 aromatic carbocycles. The zero-order valence-corrected chi connectivity index (χ0v) is 17.3. The lowest BCUT2D eigenvalue weighted by atomic mass is 9.97. The van der Waals surface area contributed by atoms with E-state index in [1.54, 1.807) is 18.6 Å². The second-order valence-corrected chi connectivity index (χ2v) is 8.06. The third kappa shape index (κ3) is 4.74. The van der Waals surface area contributed by atoms with E-state index >= 15 is 0 Å². The van der Waals surface area contributed by atoms with Crippen LogP contribution in [0, 0.1) is 5.92 Å². The van der Waals surface area contributed by atoms with Crippen LogP contribution in [0.5, 0.6) is 0 Å². The Labute approximate surface area is 176 Å². The predicted octanol–water partition coefficient (Wildman–Crippen LogP) is 3.18. The van der Waals surface area contributed by atoms with Crippen molar-refractivity contribution in [2.24, 2.45) is 5.92 Å². The first-order valence-corrected chi connectivity index (χ1v) is 10.5. The summed E-state index contributed by atoms with van der Waals surface area (Å²) in [6, 6.07) is 7.97. The second-order valence-electron chi connectivity index (χ2n) is 8.06. The van der Waals surface area contributed by atoms with E-state index in [1.807, 2.05) is 18.2 Å². The molecule has 7 heteroatoms. The summed E-state index contributed by atoms with van der Waals surface area (Å²) in [4.78, 5) is 28.0. The van der Waals surface area contributed by atoms with Gasteiger partial charge in [-0.15, -0.1) is 0 Å². The highest BCUT2D eigenvalue weighted by Crippen LogP contribution is 2.22. The van der Waals surface area contributed by atoms with Crippen LogP contribution < -0.4 is 11.1 Å². The number of nitrogens with two attached hydrogens (primary N) is 1. The number of hydrogen-bond acceptors (Lipinski definition) is 7. The number of ketones is 1. The van der Waals surface area contributed by atoms with E-state index in [4.69, 9.17) is 5.73 Å². The predicted molar refractivity (Wildman–Crippen MR) is 120 cm³/mol. The third-order valence-corrected chi connectivity index (χ3v) is 5.86. The summed E-state index contributed by atoms with van der Waals surface area (Å²) in [5.74, 6) is 1.72. The number of carbonyl (C=O) groups excluding carboxylic acids is 1. The fourth-order valence-electron chi connectivity index (χ4n) is 3.96. The number of pyridine rings is 1. The lowest BCUT2D eigenvalue weighted by molar-refractivity contribution is 0.0978. The van der Waals surface area contributed by atoms with Gasteiger partial charge in [0.05, 0.1) is 0 Å². The number of benzene rings is 1. The van der Waals surface area contributed by atoms with Gasteiger partial charge in [-0.1, -0.05) is 18.2 Å². The number of anilines is 2. The zero-order valence-electron chi connectivity index (χ0n) is 17.3. The minimum Gasteiger partial charge on any atom is -0.383 e. The lowest BCUT2D eigenvalue weighted by Crippen LogP contribution is -2.33. The van der Waals surface area contributed by atoms with Crippen molar-refractivity contribution in [3.8, 4) is 0 Å². The Morgan fingerprint density at radius 2 is 1.93 bits per heavy atom. The van der Waals surface area contributed by atoms with Gasteiger partial charge >= 0.3 is 0 Å². The highest BCUT2D eigenvalue weighted by molar-refractivity contribution is 5.98. The molecule has 0 unspecified atom stereocenters. The Hall–Kier alpha value is -3.06. The summed E-state index contributed by atoms with van der Waals surface area (Å²) in [7, 11) is 2.16. The summed E-state index contributed by atoms with van der Waals surface area (Å²) < 4.78 is 0. The van der Waals surface area contributed by atoms with Gasteiger partial charge in [-0.25, -0.2) is 15.0 Å². The number of aryl methyl sites for hydroxylation is 1. The molecule has 3 heterocycles. The quantitative estimate of drug-likeness (QED) is 0.584. The number of fused-ring (bicyclic) bond motifs is 1. The minimum atomic E-state index is 0.00307. The summed E-state index contributed by atoms with van der Waals surface area (Å²) in [6.07, 6.45) is 8.27. The molecule has 3 aromatic rings. The van der Waals surface area contributed by atoms with E-state index < -0.39 is 0 Å². The topological polar surface area (TPSA) is 97.0 Å². The number of aromatic nitrogens is 3. The molecule has 0 saturated carbocycles. The Bertz CT molecular complexity index is 1030. The van der Waals surface area contributed by atoms with Crippen LogP contribution in [0.25, 0.3) is 10.8 Å². The van der Waals surface area contributed by atoms with Crippen LogP contribution in [0.3, 0.4) is 0 Å². The van der Waals surface area contributed by atoms with Crippen molar-refractivity contribution in [3.05, 3.63) is 54.1 Å². The van der Waals surface area contributed by atoms with Gasteiger partial charge in [0, 0.05) is 36.9 Å². The number of likely N-dealkylation sites (tertiary alicyclic amines) is 1. The van der Waals surface area contributed by atoms with Gasteiger partial charge in [-0.2, -0.15) is 0 Å². The van der Waals surface area contributed by atoms with Gasteiger partial charge in [-0.3, -0.25) is 4.79 Å². The van der Waals surface area contributed by atoms with E-state index in [0.29, 0.717) is 36.1 Å². The molecule has 2 aromatic heterocycles. The molecule has 0 aliphatic carbocycles. The summed E-state index contributed by atoms with van der Waals surface area (Å²) >= 11 is 0. The monoisotopic (exact) mass is 404 g/mol. The smallest absolute Gasteiger partial charge is 0.185 e. The van der Waals surface area contributed by atoms with Crippen LogP contribution in [-0.2, 0) is 6.42 Å². The number of nitrogens with one attached hydrogen (secondary N) is 1. The van der Waals surface area contributed by atoms with Gasteiger partial charge in [0.15, 0.2) is 11.6 Å². The number of rotatable bonds is 7. The Balaban J connectivity index is 1.39. The van der Waals surface area contributed by atoms with Crippen LogP contribution in [0.4, 0.5) is 11.6 Å². The summed E-state index contributed by atoms with van der Waals surface area (Å²) in [5.41, 5.74) is 7.44. The summed E-state index contributed by atoms with van der Waals surface area (Å²) in [6.45, 7) is 3.06. The largest absolute Gasteiger partial charge is 0.383 e. The maximum absolute atomic E-state index is 12.9. The Morgan fingerprint density at radius 3 is 2.77 bits per heavy atom. The normalized spacial score (nSPS) is 15.4. The van der Waals surface area contributed by atoms with E-state index in [2.05, 4.69) is 38.3 Å². The van der Waals surface area contributed by atoms with Gasteiger partial charge in [0.25, 0.3) is 0 Å². The van der Waals surface area contributed by atoms with Gasteiger partial charge in [0.2, 0.25) is 0 Å². The highest BCUT2D eigenvalue weighted by Gasteiger charge is 2.19. The number of hydrogen-bond donors (Lipinski definition) is 2. The molecule has 0 atom stereocenters. The number of nitrogens with zero attached hydrogens (tertiary/aromatic N) is 4. The van der Waals surface area contributed by atoms with Crippen molar-refractivity contribution in [3.63, 3.8) is 0 Å². The average Bonchev–Trinajstić information content (AvgIpc) is 2.77. The number of carbonyl (C=O) groups is 1. The second kappa shape index (κ2) is 9.17. The fourth-order valence-corrected chi connectivity index (χ4v) is 3.96. The van der Waals surface area contributed by atoms with Gasteiger partial charge in [-0.05, 0) is 62.3 Å². The van der Waals surface area contributed by atoms with Gasteiger partial charge in [0.1, 0.15) is 11.5 Å². The SMILES string of the molecule is CN1CCC(CNc2nccnc2C(=O)CCc2ccc3c(N)nccc3c2)CC1. The molecule has 4 rings (SSSR count). The standard InChI is InChI=1S/C23H28N6O/c1-29-12-7-17(8-13-29)15-28-23-21(25-10-11-27-23)20(30)5-3-16-2-4-19-18(14-16)6-9-26-22(19)24/h2,4,6,9-11,14,17H,3,5,7-8,12-13,15H2,1H3,(H2,24,26)(H,27,28). The molecule has 0 bridgehead atoms. The molecule has 0 radical (unpaired) electrons. The van der Waals surface area contributed by atoms with Crippen LogP contribution in [0.15, 0.2) is 42.9 Å². The maximum Gasteiger partial charge on any atom is 0.185 e. The number of nitrogen functional groups attached to an aromatic ring is 1. The molecule has 3 N–H and O–H groups in total. The van der Waals surface area contributed by atoms with Crippen molar-refractivity contribution in [1.82, 2.24) is 19.9 Å². The van der Waals surface area contributed by atoms with Crippen molar-refractivity contribution < 1.29 is 4.79 Å². The van der Waals surface area contributed by atoms with Crippen LogP contribution >= 0.6 is 0 Å². The molecule has 0 spiro atoms. The highest BCUT2D eigenvalue weighted by atomic mass is 16.1. The third-order valence-electron chi connectivity index (χ3n) is 5.86. The molecular weight excluding hydrogens is 376 g/mol. The van der Waals surface area contributed by atoms with E-state index in [1.165, 1.54) is 0 Å². The fraction of sp³-hybridized carbons (Fsp3) is 0.391. The maximum atomic E-state index is 12.9. The van der Waals surface area contributed by atoms with Crippen LogP contribution in [-0.4, -0.2) is 52.3 Å². The zero-order chi connectivity index (χ0) is 20.9. The van der Waals surface area contributed by atoms with Crippen LogP contribution in [0.2, 0.25) is 0 Å². The molecule has 30 heavy (non-hydrogen) atoms. The van der Waals surface area contributed by atoms with E-state index in [9.17, 15) is 4.79 Å². The summed E-state index contributed by atoms with van der Waals surface area (Å²) in [5, 5.41) is 5.34. The Kier molecular flexibility index (Phi) is 6.18. The Morgan fingerprint density at radius 1 is 1.13 bits per heavy atom. The van der Waals surface area contributed by atoms with Gasteiger partial charge < -0.3 is 16.0 Å². The first-order valence-electron chi connectivity index (χ1n) is 10.5. The van der Waals surface area contributed by atoms with E-state index in [-0.39, 0.29) is 5.78 Å². The lowest BCUT2D eigenvalue weighted by Gasteiger charge is -2.29. The molecule has 1 saturated heterocycles. The molecule has 0 amide bonds. The van der Waals surface area contributed by atoms with Crippen molar-refractivity contribution in [2.45, 2.75) is 25.7 Å². The molecular formula is C23H28N6O. The number of piperidine rings is 1. The van der Waals surface area contributed by atoms with Crippen LogP contribution in [0.1, 0.15) is 35.3 Å². The first-order chi connectivity index (χ1) is 14.6.